The van der Waals surface area contributed by atoms with Crippen LogP contribution in [0.25, 0.3) is 0 Å². The Morgan fingerprint density at radius 1 is 0.731 bits per heavy atom. The maximum atomic E-state index is 12.7. The maximum Gasteiger partial charge on any atom is 0.331 e. The highest BCUT2D eigenvalue weighted by atomic mass is 16.5. The molecule has 0 fully saturated rings. The van der Waals surface area contributed by atoms with E-state index in [0.29, 0.717) is 6.54 Å². The lowest BCUT2D eigenvalue weighted by molar-refractivity contribution is 0.414. The highest BCUT2D eigenvalue weighted by Gasteiger charge is 2.07. The van der Waals surface area contributed by atoms with Gasteiger partial charge in [0.15, 0.2) is 0 Å². The molecule has 2 aromatic carbocycles. The molecule has 6 heteroatoms. The van der Waals surface area contributed by atoms with Crippen LogP contribution in [0, 0.1) is 0 Å². The summed E-state index contributed by atoms with van der Waals surface area (Å²) in [4.78, 5) is 24.9. The number of ether oxygens (including phenoxy) is 2. The van der Waals surface area contributed by atoms with Gasteiger partial charge in [-0.25, -0.2) is 4.79 Å². The number of hydrogen-bond acceptors (Lipinski definition) is 4. The first-order valence-corrected chi connectivity index (χ1v) is 8.17. The second kappa shape index (κ2) is 7.74. The maximum absolute atomic E-state index is 12.7. The fourth-order valence-electron chi connectivity index (χ4n) is 2.66. The molecular formula is C20H20N2O4. The molecule has 0 saturated heterocycles. The molecule has 0 amide bonds. The van der Waals surface area contributed by atoms with Crippen LogP contribution in [-0.2, 0) is 13.1 Å². The van der Waals surface area contributed by atoms with Crippen molar-refractivity contribution in [1.29, 1.82) is 0 Å². The van der Waals surface area contributed by atoms with Crippen LogP contribution in [0.3, 0.4) is 0 Å². The van der Waals surface area contributed by atoms with E-state index in [-0.39, 0.29) is 17.8 Å². The van der Waals surface area contributed by atoms with E-state index in [4.69, 9.17) is 9.47 Å². The van der Waals surface area contributed by atoms with Gasteiger partial charge in [0.2, 0.25) is 0 Å². The third kappa shape index (κ3) is 3.85. The van der Waals surface area contributed by atoms with Gasteiger partial charge in [-0.05, 0) is 35.4 Å². The molecule has 3 rings (SSSR count). The van der Waals surface area contributed by atoms with E-state index >= 15 is 0 Å². The molecule has 0 saturated carbocycles. The molecule has 0 unspecified atom stereocenters. The van der Waals surface area contributed by atoms with Crippen molar-refractivity contribution in [3.63, 3.8) is 0 Å². The number of aromatic nitrogens is 2. The van der Waals surface area contributed by atoms with Crippen LogP contribution in [0.1, 0.15) is 11.1 Å². The summed E-state index contributed by atoms with van der Waals surface area (Å²) in [6.07, 6.45) is 1.53. The lowest BCUT2D eigenvalue weighted by Crippen LogP contribution is -2.39. The molecule has 0 aliphatic rings. The number of benzene rings is 2. The Labute approximate surface area is 150 Å². The lowest BCUT2D eigenvalue weighted by Gasteiger charge is -2.11. The highest BCUT2D eigenvalue weighted by molar-refractivity contribution is 5.28. The van der Waals surface area contributed by atoms with Gasteiger partial charge in [0.25, 0.3) is 5.56 Å². The molecule has 0 radical (unpaired) electrons. The number of methoxy groups -OCH3 is 2. The van der Waals surface area contributed by atoms with Gasteiger partial charge >= 0.3 is 5.69 Å². The first-order chi connectivity index (χ1) is 12.6. The quantitative estimate of drug-likeness (QED) is 0.682. The minimum absolute atomic E-state index is 0.213. The molecule has 3 aromatic rings. The minimum atomic E-state index is -0.343. The lowest BCUT2D eigenvalue weighted by atomic mass is 10.2. The zero-order chi connectivity index (χ0) is 18.5. The fourth-order valence-corrected chi connectivity index (χ4v) is 2.66. The van der Waals surface area contributed by atoms with E-state index in [2.05, 4.69) is 0 Å². The normalized spacial score (nSPS) is 10.5. The van der Waals surface area contributed by atoms with Crippen LogP contribution in [-0.4, -0.2) is 23.4 Å². The van der Waals surface area contributed by atoms with Crippen LogP contribution in [0.4, 0.5) is 0 Å². The topological polar surface area (TPSA) is 62.5 Å². The van der Waals surface area contributed by atoms with Crippen molar-refractivity contribution in [3.05, 3.63) is 92.8 Å². The van der Waals surface area contributed by atoms with E-state index in [1.165, 1.54) is 21.4 Å². The van der Waals surface area contributed by atoms with Crippen LogP contribution >= 0.6 is 0 Å². The monoisotopic (exact) mass is 352 g/mol. The van der Waals surface area contributed by atoms with Gasteiger partial charge in [0, 0.05) is 12.3 Å². The van der Waals surface area contributed by atoms with Crippen LogP contribution in [0.15, 0.2) is 70.4 Å². The molecule has 1 aromatic heterocycles. The molecule has 0 spiro atoms. The Morgan fingerprint density at radius 2 is 1.23 bits per heavy atom. The molecular weight excluding hydrogens is 332 g/mol. The highest BCUT2D eigenvalue weighted by Crippen LogP contribution is 2.12. The van der Waals surface area contributed by atoms with Gasteiger partial charge in [0.1, 0.15) is 11.5 Å². The van der Waals surface area contributed by atoms with Crippen molar-refractivity contribution < 1.29 is 9.47 Å². The van der Waals surface area contributed by atoms with Crippen molar-refractivity contribution in [3.8, 4) is 11.5 Å². The van der Waals surface area contributed by atoms with Crippen molar-refractivity contribution in [1.82, 2.24) is 9.13 Å². The minimum Gasteiger partial charge on any atom is -0.497 e. The number of rotatable bonds is 6. The molecule has 0 aliphatic carbocycles. The molecule has 0 N–H and O–H groups in total. The van der Waals surface area contributed by atoms with Crippen molar-refractivity contribution in [2.45, 2.75) is 13.1 Å². The summed E-state index contributed by atoms with van der Waals surface area (Å²) in [6, 6.07) is 16.2. The van der Waals surface area contributed by atoms with E-state index in [0.717, 1.165) is 22.6 Å². The SMILES string of the molecule is COc1ccc(Cn2ccc(=O)n(Cc3ccc(OC)cc3)c2=O)cc1. The molecule has 0 aliphatic heterocycles. The van der Waals surface area contributed by atoms with Crippen LogP contribution < -0.4 is 20.7 Å². The standard InChI is InChI=1S/C20H20N2O4/c1-25-17-7-3-15(4-8-17)13-21-12-11-19(23)22(20(21)24)14-16-5-9-18(26-2)10-6-16/h3-12H,13-14H2,1-2H3. The van der Waals surface area contributed by atoms with E-state index in [1.54, 1.807) is 26.4 Å². The smallest absolute Gasteiger partial charge is 0.331 e. The molecule has 134 valence electrons. The van der Waals surface area contributed by atoms with Gasteiger partial charge in [0.05, 0.1) is 27.3 Å². The predicted octanol–water partition coefficient (Wildman–Crippen LogP) is 2.12. The molecule has 6 nitrogen and oxygen atoms in total. The third-order valence-corrected chi connectivity index (χ3v) is 4.15. The average molecular weight is 352 g/mol. The van der Waals surface area contributed by atoms with Crippen LogP contribution in [0.2, 0.25) is 0 Å². The summed E-state index contributed by atoms with van der Waals surface area (Å²) >= 11 is 0. The average Bonchev–Trinajstić information content (AvgIpc) is 2.68. The van der Waals surface area contributed by atoms with Crippen LogP contribution in [0.5, 0.6) is 11.5 Å². The van der Waals surface area contributed by atoms with E-state index < -0.39 is 0 Å². The summed E-state index contributed by atoms with van der Waals surface area (Å²) in [7, 11) is 3.20. The van der Waals surface area contributed by atoms with Crippen molar-refractivity contribution in [2.24, 2.45) is 0 Å². The summed E-state index contributed by atoms with van der Waals surface area (Å²) in [5.41, 5.74) is 1.13. The Bertz CT molecular complexity index is 986. The molecule has 0 bridgehead atoms. The summed E-state index contributed by atoms with van der Waals surface area (Å²) in [5, 5.41) is 0. The van der Waals surface area contributed by atoms with Gasteiger partial charge in [-0.2, -0.15) is 0 Å². The van der Waals surface area contributed by atoms with E-state index in [9.17, 15) is 9.59 Å². The first kappa shape index (κ1) is 17.5. The molecule has 0 atom stereocenters. The molecule has 1 heterocycles. The van der Waals surface area contributed by atoms with Gasteiger partial charge < -0.3 is 9.47 Å². The second-order valence-corrected chi connectivity index (χ2v) is 5.85. The van der Waals surface area contributed by atoms with Gasteiger partial charge in [-0.3, -0.25) is 13.9 Å². The Balaban J connectivity index is 1.87. The third-order valence-electron chi connectivity index (χ3n) is 4.15. The Hall–Kier alpha value is -3.28. The predicted molar refractivity (Wildman–Crippen MR) is 99.2 cm³/mol. The zero-order valence-electron chi connectivity index (χ0n) is 14.7. The summed E-state index contributed by atoms with van der Waals surface area (Å²) < 4.78 is 13.0. The second-order valence-electron chi connectivity index (χ2n) is 5.85. The largest absolute Gasteiger partial charge is 0.497 e. The summed E-state index contributed by atoms with van der Waals surface area (Å²) in [6.45, 7) is 0.594. The Kier molecular flexibility index (Phi) is 5.22. The Morgan fingerprint density at radius 3 is 1.73 bits per heavy atom. The number of hydrogen-bond donors (Lipinski definition) is 0. The van der Waals surface area contributed by atoms with Crippen molar-refractivity contribution in [2.75, 3.05) is 14.2 Å². The fraction of sp³-hybridized carbons (Fsp3) is 0.200. The van der Waals surface area contributed by atoms with E-state index in [1.807, 2.05) is 36.4 Å². The van der Waals surface area contributed by atoms with Gasteiger partial charge in [-0.1, -0.05) is 24.3 Å². The molecule has 26 heavy (non-hydrogen) atoms. The van der Waals surface area contributed by atoms with Gasteiger partial charge in [-0.15, -0.1) is 0 Å². The summed E-state index contributed by atoms with van der Waals surface area (Å²) in [5.74, 6) is 1.48. The zero-order valence-corrected chi connectivity index (χ0v) is 14.7. The van der Waals surface area contributed by atoms with Crippen molar-refractivity contribution >= 4 is 0 Å². The number of nitrogens with zero attached hydrogens (tertiary/aromatic N) is 2. The first-order valence-electron chi connectivity index (χ1n) is 8.17.